The molecule has 16 atom stereocenters. The second-order valence-electron chi connectivity index (χ2n) is 17.4. The molecule has 28 nitrogen and oxygen atoms in total. The average Bonchev–Trinajstić information content (AvgIpc) is 3.34. The highest BCUT2D eigenvalue weighted by molar-refractivity contribution is 5.86. The number of hydrogen-bond donors (Lipinski definition) is 16. The number of rotatable bonds is 33. The van der Waals surface area contributed by atoms with Crippen LogP contribution in [0.5, 0.6) is 0 Å². The first-order valence-corrected chi connectivity index (χ1v) is 24.0. The molecule has 0 radical (unpaired) electrons. The molecule has 412 valence electrons. The summed E-state index contributed by atoms with van der Waals surface area (Å²) in [5, 5.41) is 130. The molecule has 16 N–H and O–H groups in total. The number of unbranched alkanes of at least 4 members (excludes halogenated alkanes) is 3. The Morgan fingerprint density at radius 3 is 1.25 bits per heavy atom. The third-order valence-electron chi connectivity index (χ3n) is 12.0. The van der Waals surface area contributed by atoms with E-state index in [9.17, 15) is 85.3 Å². The largest absolute Gasteiger partial charge is 0.394 e. The molecular weight excluding hydrogens is 954 g/mol. The lowest BCUT2D eigenvalue weighted by Crippen LogP contribution is -2.59. The van der Waals surface area contributed by atoms with E-state index in [0.29, 0.717) is 45.1 Å². The minimum Gasteiger partial charge on any atom is -0.394 e. The first-order chi connectivity index (χ1) is 33.9. The van der Waals surface area contributed by atoms with Gasteiger partial charge in [-0.15, -0.1) is 0 Å². The Balaban J connectivity index is 1.71. The van der Waals surface area contributed by atoms with E-state index in [1.54, 1.807) is 0 Å². The molecule has 3 unspecified atom stereocenters. The highest BCUT2D eigenvalue weighted by Gasteiger charge is 2.46. The van der Waals surface area contributed by atoms with Gasteiger partial charge in [-0.3, -0.25) is 28.9 Å². The van der Waals surface area contributed by atoms with Gasteiger partial charge in [-0.25, -0.2) is 0 Å². The minimum absolute atomic E-state index is 0.00407. The zero-order valence-electron chi connectivity index (χ0n) is 39.9. The number of carbonyl (C=O) groups is 5. The van der Waals surface area contributed by atoms with Gasteiger partial charge in [0, 0.05) is 45.4 Å². The first kappa shape index (κ1) is 62.1. The van der Waals surface area contributed by atoms with Gasteiger partial charge in [-0.05, 0) is 32.6 Å². The van der Waals surface area contributed by atoms with Crippen molar-refractivity contribution in [3.8, 4) is 0 Å². The van der Waals surface area contributed by atoms with Gasteiger partial charge in [0.2, 0.25) is 23.6 Å². The van der Waals surface area contributed by atoms with Crippen LogP contribution in [-0.2, 0) is 52.4 Å². The van der Waals surface area contributed by atoms with E-state index in [2.05, 4.69) is 21.3 Å². The topological polar surface area (TPSA) is 435 Å². The van der Waals surface area contributed by atoms with Crippen LogP contribution in [0.4, 0.5) is 0 Å². The van der Waals surface area contributed by atoms with Gasteiger partial charge in [0.1, 0.15) is 79.0 Å². The second kappa shape index (κ2) is 32.9. The third-order valence-corrected chi connectivity index (χ3v) is 12.0. The lowest BCUT2D eigenvalue weighted by Gasteiger charge is -2.39. The quantitative estimate of drug-likeness (QED) is 0.0271. The number of aliphatic hydroxyl groups excluding tert-OH is 12. The Morgan fingerprint density at radius 1 is 0.479 bits per heavy atom. The van der Waals surface area contributed by atoms with Crippen LogP contribution in [0.15, 0.2) is 0 Å². The van der Waals surface area contributed by atoms with Gasteiger partial charge in [-0.1, -0.05) is 12.8 Å². The van der Waals surface area contributed by atoms with Crippen molar-refractivity contribution in [2.45, 2.75) is 163 Å². The number of ether oxygens (including phenoxy) is 6. The zero-order valence-corrected chi connectivity index (χ0v) is 39.9. The molecule has 0 aromatic rings. The van der Waals surface area contributed by atoms with Crippen LogP contribution in [-0.4, -0.2) is 273 Å². The van der Waals surface area contributed by atoms with Crippen molar-refractivity contribution in [1.82, 2.24) is 26.2 Å². The summed E-state index contributed by atoms with van der Waals surface area (Å²) in [5.74, 6) is -2.23. The van der Waals surface area contributed by atoms with Gasteiger partial charge in [0.15, 0.2) is 18.9 Å². The molecule has 3 aliphatic rings. The molecule has 3 rings (SSSR count). The molecule has 0 aromatic carbocycles. The molecule has 0 aliphatic carbocycles. The summed E-state index contributed by atoms with van der Waals surface area (Å²) in [7, 11) is 0. The lowest BCUT2D eigenvalue weighted by molar-refractivity contribution is -0.300. The van der Waals surface area contributed by atoms with Crippen molar-refractivity contribution >= 4 is 29.4 Å². The molecule has 3 fully saturated rings. The molecule has 0 bridgehead atoms. The summed E-state index contributed by atoms with van der Waals surface area (Å²) in [6, 6.07) is -1.21. The molecular formula is C43H77N5O23. The van der Waals surface area contributed by atoms with E-state index >= 15 is 0 Å². The maximum absolute atomic E-state index is 14.0. The molecule has 28 heteroatoms. The predicted octanol–water partition coefficient (Wildman–Crippen LogP) is -8.33. The Bertz CT molecular complexity index is 1530. The van der Waals surface area contributed by atoms with Gasteiger partial charge < -0.3 is 111 Å². The summed E-state index contributed by atoms with van der Waals surface area (Å²) in [6.45, 7) is -2.58. The van der Waals surface area contributed by atoms with Crippen LogP contribution >= 0.6 is 0 Å². The first-order valence-electron chi connectivity index (χ1n) is 24.0. The van der Waals surface area contributed by atoms with Crippen molar-refractivity contribution in [1.29, 1.82) is 0 Å². The maximum atomic E-state index is 14.0. The van der Waals surface area contributed by atoms with E-state index in [1.165, 1.54) is 4.90 Å². The molecule has 71 heavy (non-hydrogen) atoms. The van der Waals surface area contributed by atoms with Crippen LogP contribution in [0.3, 0.4) is 0 Å². The fourth-order valence-electron chi connectivity index (χ4n) is 7.90. The number of nitrogens with zero attached hydrogens (tertiary/aromatic N) is 1. The monoisotopic (exact) mass is 1030 g/mol. The van der Waals surface area contributed by atoms with Crippen LogP contribution in [0.2, 0.25) is 0 Å². The zero-order chi connectivity index (χ0) is 52.6. The lowest BCUT2D eigenvalue weighted by atomic mass is 9.99. The SMILES string of the molecule is CCNC(=O)CCCCC(=O)CCCCC[C@@H](C(=O)NCCOC1O[C@H](CO)[C@@H](O)[C@H](O)[C@@H]1O)N(CC(=O)NCCOC1O[C@H](CO)[C@@H](O)[C@H](O)[C@@H]1O)CC(=O)NCCOC1O[C@H](CO)[C@@H](O)[C@H](O)[C@@H]1O. The van der Waals surface area contributed by atoms with Gasteiger partial charge in [0.05, 0.1) is 58.8 Å². The second-order valence-corrected chi connectivity index (χ2v) is 17.4. The normalized spacial score (nSPS) is 31.4. The molecule has 0 saturated carbocycles. The van der Waals surface area contributed by atoms with Crippen LogP contribution in [0.1, 0.15) is 64.7 Å². The highest BCUT2D eigenvalue weighted by Crippen LogP contribution is 2.24. The van der Waals surface area contributed by atoms with E-state index in [-0.39, 0.29) is 70.4 Å². The fourth-order valence-corrected chi connectivity index (χ4v) is 7.90. The maximum Gasteiger partial charge on any atom is 0.237 e. The summed E-state index contributed by atoms with van der Waals surface area (Å²) >= 11 is 0. The number of ketones is 1. The van der Waals surface area contributed by atoms with Gasteiger partial charge in [0.25, 0.3) is 0 Å². The van der Waals surface area contributed by atoms with Crippen LogP contribution < -0.4 is 21.3 Å². The smallest absolute Gasteiger partial charge is 0.237 e. The Hall–Kier alpha value is -3.21. The molecule has 4 amide bonds. The number of carbonyl (C=O) groups excluding carboxylic acids is 5. The van der Waals surface area contributed by atoms with Crippen molar-refractivity contribution in [2.75, 3.05) is 78.9 Å². The Labute approximate surface area is 410 Å². The van der Waals surface area contributed by atoms with Gasteiger partial charge >= 0.3 is 0 Å². The summed E-state index contributed by atoms with van der Waals surface area (Å²) < 4.78 is 32.4. The molecule has 3 heterocycles. The predicted molar refractivity (Wildman–Crippen MR) is 239 cm³/mol. The number of Topliss-reactive ketones (excluding diaryl/α,β-unsaturated/α-hetero) is 1. The van der Waals surface area contributed by atoms with E-state index in [0.717, 1.165) is 0 Å². The van der Waals surface area contributed by atoms with Crippen LogP contribution in [0.25, 0.3) is 0 Å². The summed E-state index contributed by atoms with van der Waals surface area (Å²) in [6.07, 6.45) is -20.2. The third kappa shape index (κ3) is 20.2. The number of aliphatic hydroxyl groups is 12. The van der Waals surface area contributed by atoms with Crippen molar-refractivity contribution < 1.29 is 114 Å². The van der Waals surface area contributed by atoms with E-state index < -0.39 is 149 Å². The Kier molecular flexibility index (Phi) is 28.7. The molecule has 0 spiro atoms. The van der Waals surface area contributed by atoms with Crippen LogP contribution in [0, 0.1) is 0 Å². The molecule has 3 aliphatic heterocycles. The average molecular weight is 1030 g/mol. The Morgan fingerprint density at radius 2 is 0.859 bits per heavy atom. The fraction of sp³-hybridized carbons (Fsp3) is 0.884. The van der Waals surface area contributed by atoms with E-state index in [4.69, 9.17) is 28.4 Å². The van der Waals surface area contributed by atoms with Gasteiger partial charge in [-0.2, -0.15) is 0 Å². The number of amides is 4. The molecule has 3 saturated heterocycles. The van der Waals surface area contributed by atoms with E-state index in [1.807, 2.05) is 6.92 Å². The van der Waals surface area contributed by atoms with Crippen molar-refractivity contribution in [3.63, 3.8) is 0 Å². The van der Waals surface area contributed by atoms with Crippen molar-refractivity contribution in [2.24, 2.45) is 0 Å². The number of hydrogen-bond acceptors (Lipinski definition) is 24. The number of nitrogens with one attached hydrogen (secondary N) is 4. The summed E-state index contributed by atoms with van der Waals surface area (Å²) in [5.41, 5.74) is 0. The molecule has 0 aromatic heterocycles. The van der Waals surface area contributed by atoms with Crippen molar-refractivity contribution in [3.05, 3.63) is 0 Å². The minimum atomic E-state index is -1.72. The standard InChI is InChI=1S/C43H77N5O23/c1-2-44-28(53)11-7-6-9-23(52)8-4-3-5-10-24(40(65)47-14-17-68-43-39(64)36(61)33(58)27(22-51)71-43)48(18-29(54)45-12-15-66-41-37(62)34(59)31(56)25(20-49)69-41)19-30(55)46-13-16-67-42-38(63)35(60)32(57)26(21-50)70-42/h24-27,31-39,41-43,49-51,56-64H,2-22H2,1H3,(H,44,53)(H,45,54)(H,46,55)(H,47,65)/t24-,25+,26+,27+,31+,32+,33+,34-,35-,36-,37-,38-,39-,41?,42?,43?/m0/s1. The summed E-state index contributed by atoms with van der Waals surface area (Å²) in [4.78, 5) is 66.6. The highest BCUT2D eigenvalue weighted by atomic mass is 16.7.